The lowest BCUT2D eigenvalue weighted by Crippen LogP contribution is -2.32. The number of rotatable bonds is 7. The van der Waals surface area contributed by atoms with E-state index in [0.29, 0.717) is 40.8 Å². The van der Waals surface area contributed by atoms with Crippen LogP contribution in [0.2, 0.25) is 0 Å². The standard InChI is InChI=1S/C29H26FN5O3/c1-3-38-24-12-8-7-11-22(24)26-25(29(37)34-20-9-5-4-6-10-20)18(2)32-27-23(17-31-35(26)27)28(36)33-21-15-13-19(30)14-16-21/h4-17,26,32H,3H2,1-2H3,(H,33,36)(H,34,37)/t26-/m0/s1. The molecule has 9 heteroatoms. The van der Waals surface area contributed by atoms with Crippen molar-refractivity contribution in [1.82, 2.24) is 9.78 Å². The number of nitrogens with zero attached hydrogens (tertiary/aromatic N) is 2. The first-order chi connectivity index (χ1) is 18.5. The van der Waals surface area contributed by atoms with Crippen LogP contribution in [0.15, 0.2) is 96.3 Å². The average molecular weight is 512 g/mol. The van der Waals surface area contributed by atoms with E-state index >= 15 is 0 Å². The fourth-order valence-electron chi connectivity index (χ4n) is 4.45. The fraction of sp³-hybridized carbons (Fsp3) is 0.138. The molecule has 0 spiro atoms. The van der Waals surface area contributed by atoms with E-state index < -0.39 is 17.8 Å². The monoisotopic (exact) mass is 511 g/mol. The van der Waals surface area contributed by atoms with Crippen molar-refractivity contribution in [2.75, 3.05) is 22.6 Å². The maximum atomic E-state index is 13.6. The maximum Gasteiger partial charge on any atom is 0.261 e. The van der Waals surface area contributed by atoms with Crippen molar-refractivity contribution >= 4 is 29.0 Å². The predicted octanol–water partition coefficient (Wildman–Crippen LogP) is 5.60. The fourth-order valence-corrected chi connectivity index (χ4v) is 4.45. The SMILES string of the molecule is CCOc1ccccc1[C@H]1C(C(=O)Nc2ccccc2)=C(C)Nc2c(C(=O)Nc3ccc(F)cc3)cnn21. The number of para-hydroxylation sites is 2. The second-order valence-corrected chi connectivity index (χ2v) is 8.67. The van der Waals surface area contributed by atoms with E-state index in [1.54, 1.807) is 11.6 Å². The number of carbonyl (C=O) groups excluding carboxylic acids is 2. The lowest BCUT2D eigenvalue weighted by molar-refractivity contribution is -0.113. The third kappa shape index (κ3) is 4.86. The molecule has 4 aromatic rings. The van der Waals surface area contributed by atoms with Gasteiger partial charge in [0.15, 0.2) is 0 Å². The molecule has 0 fully saturated rings. The van der Waals surface area contributed by atoms with Crippen molar-refractivity contribution < 1.29 is 18.7 Å². The van der Waals surface area contributed by atoms with E-state index in [-0.39, 0.29) is 11.5 Å². The van der Waals surface area contributed by atoms with Gasteiger partial charge in [-0.2, -0.15) is 5.10 Å². The van der Waals surface area contributed by atoms with Crippen molar-refractivity contribution in [2.24, 2.45) is 0 Å². The first-order valence-electron chi connectivity index (χ1n) is 12.2. The van der Waals surface area contributed by atoms with Crippen LogP contribution in [0.3, 0.4) is 0 Å². The summed E-state index contributed by atoms with van der Waals surface area (Å²) in [7, 11) is 0. The van der Waals surface area contributed by atoms with Gasteiger partial charge in [0.1, 0.15) is 29.0 Å². The minimum atomic E-state index is -0.676. The zero-order valence-electron chi connectivity index (χ0n) is 20.9. The Morgan fingerprint density at radius 1 is 0.947 bits per heavy atom. The summed E-state index contributed by atoms with van der Waals surface area (Å²) >= 11 is 0. The average Bonchev–Trinajstić information content (AvgIpc) is 3.34. The molecule has 0 bridgehead atoms. The number of amides is 2. The van der Waals surface area contributed by atoms with Gasteiger partial charge in [0, 0.05) is 22.6 Å². The van der Waals surface area contributed by atoms with Crippen molar-refractivity contribution in [2.45, 2.75) is 19.9 Å². The highest BCUT2D eigenvalue weighted by Crippen LogP contribution is 2.41. The molecule has 8 nitrogen and oxygen atoms in total. The molecule has 3 N–H and O–H groups in total. The smallest absolute Gasteiger partial charge is 0.261 e. The summed E-state index contributed by atoms with van der Waals surface area (Å²) in [6.07, 6.45) is 1.45. The first-order valence-corrected chi connectivity index (χ1v) is 12.2. The Balaban J connectivity index is 1.57. The van der Waals surface area contributed by atoms with Crippen LogP contribution in [0.25, 0.3) is 0 Å². The number of carbonyl (C=O) groups is 2. The number of allylic oxidation sites excluding steroid dienone is 1. The van der Waals surface area contributed by atoms with E-state index in [0.717, 1.165) is 5.56 Å². The molecule has 1 aromatic heterocycles. The quantitative estimate of drug-likeness (QED) is 0.300. The van der Waals surface area contributed by atoms with Gasteiger partial charge in [-0.25, -0.2) is 9.07 Å². The lowest BCUT2D eigenvalue weighted by Gasteiger charge is -2.31. The predicted molar refractivity (Wildman–Crippen MR) is 144 cm³/mol. The minimum Gasteiger partial charge on any atom is -0.494 e. The van der Waals surface area contributed by atoms with Crippen LogP contribution in [-0.2, 0) is 4.79 Å². The molecule has 1 atom stereocenters. The molecule has 38 heavy (non-hydrogen) atoms. The van der Waals surface area contributed by atoms with Crippen LogP contribution in [0.1, 0.15) is 35.8 Å². The Hall–Kier alpha value is -4.92. The van der Waals surface area contributed by atoms with Crippen LogP contribution < -0.4 is 20.7 Å². The van der Waals surface area contributed by atoms with Gasteiger partial charge in [-0.3, -0.25) is 9.59 Å². The second kappa shape index (κ2) is 10.6. The minimum absolute atomic E-state index is 0.273. The normalized spacial score (nSPS) is 14.3. The Kier molecular flexibility index (Phi) is 6.90. The van der Waals surface area contributed by atoms with Gasteiger partial charge in [-0.1, -0.05) is 36.4 Å². The molecule has 0 saturated heterocycles. The summed E-state index contributed by atoms with van der Waals surface area (Å²) in [4.78, 5) is 26.8. The molecule has 1 aliphatic rings. The van der Waals surface area contributed by atoms with Crippen molar-refractivity contribution in [3.63, 3.8) is 0 Å². The summed E-state index contributed by atoms with van der Waals surface area (Å²) in [5, 5.41) is 13.5. The zero-order valence-corrected chi connectivity index (χ0v) is 20.9. The Morgan fingerprint density at radius 2 is 1.61 bits per heavy atom. The number of anilines is 3. The molecule has 3 aromatic carbocycles. The number of aromatic nitrogens is 2. The van der Waals surface area contributed by atoms with Crippen LogP contribution >= 0.6 is 0 Å². The van der Waals surface area contributed by atoms with Gasteiger partial charge < -0.3 is 20.7 Å². The first kappa shape index (κ1) is 24.8. The largest absolute Gasteiger partial charge is 0.494 e. The maximum absolute atomic E-state index is 13.6. The molecular weight excluding hydrogens is 485 g/mol. The lowest BCUT2D eigenvalue weighted by atomic mass is 9.93. The van der Waals surface area contributed by atoms with E-state index in [1.165, 1.54) is 30.5 Å². The van der Waals surface area contributed by atoms with E-state index in [9.17, 15) is 14.0 Å². The number of ether oxygens (including phenoxy) is 1. The second-order valence-electron chi connectivity index (χ2n) is 8.67. The van der Waals surface area contributed by atoms with Gasteiger partial charge >= 0.3 is 0 Å². The number of hydrogen-bond donors (Lipinski definition) is 3. The summed E-state index contributed by atoms with van der Waals surface area (Å²) in [6, 6.07) is 21.5. The van der Waals surface area contributed by atoms with Gasteiger partial charge in [-0.15, -0.1) is 0 Å². The highest BCUT2D eigenvalue weighted by atomic mass is 19.1. The van der Waals surface area contributed by atoms with E-state index in [2.05, 4.69) is 21.0 Å². The number of hydrogen-bond acceptors (Lipinski definition) is 5. The summed E-state index contributed by atoms with van der Waals surface area (Å²) in [5.41, 5.74) is 3.10. The molecule has 0 radical (unpaired) electrons. The number of nitrogens with one attached hydrogen (secondary N) is 3. The molecule has 192 valence electrons. The number of halogens is 1. The Bertz CT molecular complexity index is 1510. The third-order valence-electron chi connectivity index (χ3n) is 6.16. The Morgan fingerprint density at radius 3 is 2.34 bits per heavy atom. The summed E-state index contributed by atoms with van der Waals surface area (Å²) in [6.45, 7) is 4.11. The molecule has 1 aliphatic heterocycles. The molecule has 2 heterocycles. The van der Waals surface area contributed by atoms with Crippen LogP contribution in [0.5, 0.6) is 5.75 Å². The van der Waals surface area contributed by atoms with Crippen molar-refractivity contribution in [3.05, 3.63) is 113 Å². The van der Waals surface area contributed by atoms with Crippen LogP contribution in [0.4, 0.5) is 21.6 Å². The zero-order chi connectivity index (χ0) is 26.6. The van der Waals surface area contributed by atoms with Crippen molar-refractivity contribution in [3.8, 4) is 5.75 Å². The van der Waals surface area contributed by atoms with Gasteiger partial charge in [0.25, 0.3) is 11.8 Å². The van der Waals surface area contributed by atoms with Crippen LogP contribution in [0, 0.1) is 5.82 Å². The molecule has 0 saturated carbocycles. The molecule has 5 rings (SSSR count). The Labute approximate surface area is 219 Å². The van der Waals surface area contributed by atoms with E-state index in [1.807, 2.05) is 61.5 Å². The van der Waals surface area contributed by atoms with Gasteiger partial charge in [-0.05, 0) is 56.3 Å². The third-order valence-corrected chi connectivity index (χ3v) is 6.16. The molecule has 0 aliphatic carbocycles. The van der Waals surface area contributed by atoms with Gasteiger partial charge in [0.2, 0.25) is 0 Å². The molecular formula is C29H26FN5O3. The number of fused-ring (bicyclic) bond motifs is 1. The molecule has 0 unspecified atom stereocenters. The van der Waals surface area contributed by atoms with Crippen molar-refractivity contribution in [1.29, 1.82) is 0 Å². The highest BCUT2D eigenvalue weighted by Gasteiger charge is 2.36. The molecule has 2 amide bonds. The van der Waals surface area contributed by atoms with Gasteiger partial charge in [0.05, 0.1) is 18.4 Å². The van der Waals surface area contributed by atoms with Crippen LogP contribution in [-0.4, -0.2) is 28.2 Å². The topological polar surface area (TPSA) is 97.3 Å². The summed E-state index contributed by atoms with van der Waals surface area (Å²) in [5.74, 6) is -0.0956. The van der Waals surface area contributed by atoms with E-state index in [4.69, 9.17) is 4.74 Å². The number of benzene rings is 3. The summed E-state index contributed by atoms with van der Waals surface area (Å²) < 4.78 is 20.8. The highest BCUT2D eigenvalue weighted by molar-refractivity contribution is 6.09.